The van der Waals surface area contributed by atoms with Crippen LogP contribution in [0.1, 0.15) is 54.9 Å². The molecule has 0 fully saturated rings. The van der Waals surface area contributed by atoms with Gasteiger partial charge in [-0.1, -0.05) is 49.7 Å². The molecule has 192 valence electrons. The van der Waals surface area contributed by atoms with Gasteiger partial charge in [0.15, 0.2) is 5.78 Å². The number of ketones is 1. The molecule has 0 saturated heterocycles. The van der Waals surface area contributed by atoms with Crippen LogP contribution in [0.25, 0.3) is 16.6 Å². The Kier molecular flexibility index (Phi) is 7.37. The van der Waals surface area contributed by atoms with Gasteiger partial charge in [0.25, 0.3) is 5.56 Å². The summed E-state index contributed by atoms with van der Waals surface area (Å²) in [5.41, 5.74) is 2.83. The number of Topliss-reactive ketones (excluding diaryl/α,β-unsaturated/α-hetero) is 1. The molecule has 0 aliphatic rings. The fraction of sp³-hybridized carbons (Fsp3) is 0.310. The molecule has 2 aromatic heterocycles. The molecule has 2 aromatic carbocycles. The van der Waals surface area contributed by atoms with Crippen molar-refractivity contribution in [2.75, 3.05) is 5.32 Å². The van der Waals surface area contributed by atoms with E-state index in [1.165, 1.54) is 4.68 Å². The third-order valence-electron chi connectivity index (χ3n) is 6.68. The van der Waals surface area contributed by atoms with E-state index in [9.17, 15) is 14.4 Å². The van der Waals surface area contributed by atoms with Crippen LogP contribution in [-0.2, 0) is 11.8 Å². The largest absolute Gasteiger partial charge is 0.320 e. The average Bonchev–Trinajstić information content (AvgIpc) is 3.05. The Labute approximate surface area is 221 Å². The van der Waals surface area contributed by atoms with Gasteiger partial charge in [0.2, 0.25) is 5.91 Å². The third kappa shape index (κ3) is 5.67. The minimum Gasteiger partial charge on any atom is -0.320 e. The van der Waals surface area contributed by atoms with E-state index in [4.69, 9.17) is 11.6 Å². The van der Waals surface area contributed by atoms with Crippen molar-refractivity contribution in [3.8, 4) is 5.69 Å². The molecule has 0 aliphatic carbocycles. The topological polar surface area (TPSA) is 86.0 Å². The van der Waals surface area contributed by atoms with E-state index < -0.39 is 5.41 Å². The Balaban J connectivity index is 1.46. The van der Waals surface area contributed by atoms with Crippen molar-refractivity contribution in [2.24, 2.45) is 12.5 Å². The van der Waals surface area contributed by atoms with Crippen LogP contribution >= 0.6 is 11.6 Å². The van der Waals surface area contributed by atoms with Crippen LogP contribution in [0.5, 0.6) is 0 Å². The predicted molar refractivity (Wildman–Crippen MR) is 148 cm³/mol. The number of nitrogens with one attached hydrogen (secondary N) is 1. The maximum absolute atomic E-state index is 13.2. The molecule has 4 rings (SSSR count). The zero-order chi connectivity index (χ0) is 26.9. The summed E-state index contributed by atoms with van der Waals surface area (Å²) in [5, 5.41) is 4.12. The summed E-state index contributed by atoms with van der Waals surface area (Å²) in [6.07, 6.45) is 0.894. The maximum atomic E-state index is 13.2. The summed E-state index contributed by atoms with van der Waals surface area (Å²) in [7, 11) is 1.78. The average molecular weight is 519 g/mol. The van der Waals surface area contributed by atoms with Gasteiger partial charge >= 0.3 is 0 Å². The summed E-state index contributed by atoms with van der Waals surface area (Å²) in [5.74, 6) is -0.335. The van der Waals surface area contributed by atoms with Crippen LogP contribution in [0.3, 0.4) is 0 Å². The number of hydrogen-bond acceptors (Lipinski definition) is 4. The molecule has 0 unspecified atom stereocenters. The second-order valence-corrected chi connectivity index (χ2v) is 10.7. The molecular formula is C29H31ClN4O3. The zero-order valence-corrected chi connectivity index (χ0v) is 22.5. The van der Waals surface area contributed by atoms with Gasteiger partial charge in [0.05, 0.1) is 16.9 Å². The normalized spacial score (nSPS) is 11.6. The lowest BCUT2D eigenvalue weighted by atomic mass is 9.82. The summed E-state index contributed by atoms with van der Waals surface area (Å²) >= 11 is 6.26. The number of pyridine rings is 1. The SMILES string of the molecule is Cc1ccc2cc(Cl)cc(C(=O)CCC(C)(C)CC(=O)Nc3c(C)n(C)n(-c4ccccc4)c3=O)c2n1. The number of fused-ring (bicyclic) bond motifs is 1. The first-order valence-corrected chi connectivity index (χ1v) is 12.6. The molecule has 7 nitrogen and oxygen atoms in total. The Hall–Kier alpha value is -3.71. The molecule has 0 aliphatic heterocycles. The standard InChI is InChI=1S/C29H31ClN4O3/c1-18-11-12-20-15-21(30)16-23(27(20)31-18)24(35)13-14-29(3,4)17-25(36)32-26-19(2)33(5)34(28(26)37)22-9-7-6-8-10-22/h6-12,15-16H,13-14,17H2,1-5H3,(H,32,36). The van der Waals surface area contributed by atoms with Crippen LogP contribution in [-0.4, -0.2) is 26.0 Å². The number of aromatic nitrogens is 3. The number of aryl methyl sites for hydroxylation is 1. The van der Waals surface area contributed by atoms with Crippen molar-refractivity contribution in [3.63, 3.8) is 0 Å². The minimum absolute atomic E-state index is 0.0660. The highest BCUT2D eigenvalue weighted by molar-refractivity contribution is 6.32. The van der Waals surface area contributed by atoms with Crippen molar-refractivity contribution in [2.45, 2.75) is 47.0 Å². The number of halogens is 1. The lowest BCUT2D eigenvalue weighted by Crippen LogP contribution is -2.26. The van der Waals surface area contributed by atoms with Crippen LogP contribution in [0, 0.1) is 19.3 Å². The van der Waals surface area contributed by atoms with E-state index in [2.05, 4.69) is 10.3 Å². The molecule has 0 atom stereocenters. The van der Waals surface area contributed by atoms with Crippen LogP contribution < -0.4 is 10.9 Å². The highest BCUT2D eigenvalue weighted by atomic mass is 35.5. The molecule has 0 saturated carbocycles. The number of carbonyl (C=O) groups is 2. The Morgan fingerprint density at radius 2 is 1.76 bits per heavy atom. The van der Waals surface area contributed by atoms with Crippen molar-refractivity contribution >= 4 is 39.9 Å². The molecule has 1 N–H and O–H groups in total. The second-order valence-electron chi connectivity index (χ2n) is 10.2. The first-order chi connectivity index (χ1) is 17.5. The first kappa shape index (κ1) is 26.4. The summed E-state index contributed by atoms with van der Waals surface area (Å²) < 4.78 is 3.25. The summed E-state index contributed by atoms with van der Waals surface area (Å²) in [6, 6.07) is 16.5. The predicted octanol–water partition coefficient (Wildman–Crippen LogP) is 6.01. The monoisotopic (exact) mass is 518 g/mol. The molecule has 8 heteroatoms. The van der Waals surface area contributed by atoms with Gasteiger partial charge in [0, 0.05) is 41.6 Å². The number of amides is 1. The highest BCUT2D eigenvalue weighted by Gasteiger charge is 2.26. The zero-order valence-electron chi connectivity index (χ0n) is 21.8. The Bertz CT molecular complexity index is 1550. The number of para-hydroxylation sites is 1. The molecule has 4 aromatic rings. The van der Waals surface area contributed by atoms with Crippen LogP contribution in [0.15, 0.2) is 59.4 Å². The van der Waals surface area contributed by atoms with Crippen molar-refractivity contribution < 1.29 is 9.59 Å². The fourth-order valence-corrected chi connectivity index (χ4v) is 4.74. The lowest BCUT2D eigenvalue weighted by molar-refractivity contribution is -0.118. The Morgan fingerprint density at radius 1 is 1.05 bits per heavy atom. The first-order valence-electron chi connectivity index (χ1n) is 12.2. The number of rotatable bonds is 8. The fourth-order valence-electron chi connectivity index (χ4n) is 4.51. The third-order valence-corrected chi connectivity index (χ3v) is 6.90. The van der Waals surface area contributed by atoms with Crippen LogP contribution in [0.2, 0.25) is 5.02 Å². The van der Waals surface area contributed by atoms with Gasteiger partial charge < -0.3 is 5.32 Å². The van der Waals surface area contributed by atoms with E-state index in [1.54, 1.807) is 30.8 Å². The van der Waals surface area contributed by atoms with Gasteiger partial charge in [-0.25, -0.2) is 4.68 Å². The summed E-state index contributed by atoms with van der Waals surface area (Å²) in [4.78, 5) is 43.8. The van der Waals surface area contributed by atoms with Crippen molar-refractivity contribution in [1.82, 2.24) is 14.3 Å². The smallest absolute Gasteiger partial charge is 0.295 e. The number of benzene rings is 2. The van der Waals surface area contributed by atoms with E-state index in [-0.39, 0.29) is 35.8 Å². The molecule has 0 bridgehead atoms. The molecule has 2 heterocycles. The highest BCUT2D eigenvalue weighted by Crippen LogP contribution is 2.30. The maximum Gasteiger partial charge on any atom is 0.295 e. The number of nitrogens with zero attached hydrogens (tertiary/aromatic N) is 3. The molecule has 1 amide bonds. The van der Waals surface area contributed by atoms with Gasteiger partial charge in [0.1, 0.15) is 5.69 Å². The van der Waals surface area contributed by atoms with Gasteiger partial charge in [-0.2, -0.15) is 0 Å². The number of hydrogen-bond donors (Lipinski definition) is 1. The Morgan fingerprint density at radius 3 is 2.46 bits per heavy atom. The molecule has 0 radical (unpaired) electrons. The number of carbonyl (C=O) groups excluding carboxylic acids is 2. The molecular weight excluding hydrogens is 488 g/mol. The second kappa shape index (κ2) is 10.3. The van der Waals surface area contributed by atoms with Gasteiger partial charge in [-0.15, -0.1) is 0 Å². The van der Waals surface area contributed by atoms with Gasteiger partial charge in [-0.3, -0.25) is 24.0 Å². The number of anilines is 1. The summed E-state index contributed by atoms with van der Waals surface area (Å²) in [6.45, 7) is 7.56. The van der Waals surface area contributed by atoms with E-state index in [0.29, 0.717) is 28.2 Å². The van der Waals surface area contributed by atoms with E-state index >= 15 is 0 Å². The quantitative estimate of drug-likeness (QED) is 0.289. The van der Waals surface area contributed by atoms with Gasteiger partial charge in [-0.05, 0) is 56.0 Å². The van der Waals surface area contributed by atoms with Crippen LogP contribution in [0.4, 0.5) is 5.69 Å². The van der Waals surface area contributed by atoms with Crippen molar-refractivity contribution in [1.29, 1.82) is 0 Å². The minimum atomic E-state index is -0.474. The van der Waals surface area contributed by atoms with E-state index in [0.717, 1.165) is 16.8 Å². The van der Waals surface area contributed by atoms with Crippen molar-refractivity contribution in [3.05, 3.63) is 86.9 Å². The van der Waals surface area contributed by atoms with E-state index in [1.807, 2.05) is 63.2 Å². The molecule has 0 spiro atoms. The molecule has 37 heavy (non-hydrogen) atoms. The lowest BCUT2D eigenvalue weighted by Gasteiger charge is -2.23.